The maximum absolute atomic E-state index is 11.5. The number of nitrogens with two attached hydrogens (primary N) is 1. The normalized spacial score (nSPS) is 29.7. The lowest BCUT2D eigenvalue weighted by molar-refractivity contribution is 0.103. The van der Waals surface area contributed by atoms with E-state index < -0.39 is 9.84 Å². The van der Waals surface area contributed by atoms with Gasteiger partial charge in [0.05, 0.1) is 11.5 Å². The molecule has 2 saturated heterocycles. The zero-order valence-electron chi connectivity index (χ0n) is 11.1. The van der Waals surface area contributed by atoms with Gasteiger partial charge in [-0.3, -0.25) is 4.90 Å². The van der Waals surface area contributed by atoms with Crippen molar-refractivity contribution in [1.82, 2.24) is 9.80 Å². The molecule has 2 rings (SSSR count). The molecule has 0 aromatic heterocycles. The summed E-state index contributed by atoms with van der Waals surface area (Å²) in [6.45, 7) is 6.09. The summed E-state index contributed by atoms with van der Waals surface area (Å²) in [6.07, 6.45) is 3.10. The van der Waals surface area contributed by atoms with Gasteiger partial charge in [-0.1, -0.05) is 0 Å². The zero-order valence-corrected chi connectivity index (χ0v) is 11.9. The highest BCUT2D eigenvalue weighted by molar-refractivity contribution is 7.91. The van der Waals surface area contributed by atoms with Crippen LogP contribution >= 0.6 is 0 Å². The Balaban J connectivity index is 1.70. The highest BCUT2D eigenvalue weighted by Gasteiger charge is 2.33. The molecule has 6 heteroatoms. The van der Waals surface area contributed by atoms with Gasteiger partial charge in [0, 0.05) is 32.2 Å². The molecule has 0 bridgehead atoms. The van der Waals surface area contributed by atoms with E-state index >= 15 is 0 Å². The van der Waals surface area contributed by atoms with E-state index in [-0.39, 0.29) is 6.04 Å². The molecule has 2 heterocycles. The molecular formula is C12H25N3O2S. The maximum Gasteiger partial charge on any atom is 0.151 e. The number of sulfone groups is 1. The molecule has 0 radical (unpaired) electrons. The highest BCUT2D eigenvalue weighted by Crippen LogP contribution is 2.19. The lowest BCUT2D eigenvalue weighted by Crippen LogP contribution is -2.50. The predicted octanol–water partition coefficient (Wildman–Crippen LogP) is -0.470. The summed E-state index contributed by atoms with van der Waals surface area (Å²) in [6, 6.07) is 0.279. The second kappa shape index (κ2) is 6.32. The van der Waals surface area contributed by atoms with Gasteiger partial charge in [-0.2, -0.15) is 0 Å². The number of hydrogen-bond acceptors (Lipinski definition) is 5. The van der Waals surface area contributed by atoms with E-state index in [0.29, 0.717) is 11.5 Å². The van der Waals surface area contributed by atoms with Crippen molar-refractivity contribution in [2.45, 2.75) is 25.3 Å². The summed E-state index contributed by atoms with van der Waals surface area (Å²) in [5.41, 5.74) is 5.49. The molecular weight excluding hydrogens is 250 g/mol. The Bertz CT molecular complexity index is 350. The fourth-order valence-corrected chi connectivity index (χ4v) is 4.66. The molecule has 2 aliphatic rings. The van der Waals surface area contributed by atoms with Crippen LogP contribution in [0, 0.1) is 0 Å². The van der Waals surface area contributed by atoms with Crippen molar-refractivity contribution in [3.63, 3.8) is 0 Å². The highest BCUT2D eigenvalue weighted by atomic mass is 32.2. The molecule has 2 aliphatic heterocycles. The number of piperazine rings is 1. The molecule has 0 aliphatic carbocycles. The Kier molecular flexibility index (Phi) is 5.00. The average Bonchev–Trinajstić information content (AvgIpc) is 2.71. The molecule has 0 saturated carbocycles. The van der Waals surface area contributed by atoms with Gasteiger partial charge in [-0.05, 0) is 32.4 Å². The molecule has 106 valence electrons. The average molecular weight is 275 g/mol. The Morgan fingerprint density at radius 1 is 1.11 bits per heavy atom. The molecule has 0 amide bonds. The van der Waals surface area contributed by atoms with Gasteiger partial charge in [0.1, 0.15) is 0 Å². The largest absolute Gasteiger partial charge is 0.330 e. The molecule has 18 heavy (non-hydrogen) atoms. The standard InChI is InChI=1S/C12H25N3O2S/c13-4-1-2-5-14-6-8-15(9-7-14)12-3-10-18(16,17)11-12/h12H,1-11,13H2. The van der Waals surface area contributed by atoms with Crippen molar-refractivity contribution < 1.29 is 8.42 Å². The molecule has 0 aromatic carbocycles. The first kappa shape index (κ1) is 14.2. The van der Waals surface area contributed by atoms with Crippen molar-refractivity contribution >= 4 is 9.84 Å². The van der Waals surface area contributed by atoms with Crippen molar-refractivity contribution in [2.75, 3.05) is 50.8 Å². The molecule has 1 unspecified atom stereocenters. The summed E-state index contributed by atoms with van der Waals surface area (Å²) >= 11 is 0. The quantitative estimate of drug-likeness (QED) is 0.687. The minimum atomic E-state index is -2.75. The SMILES string of the molecule is NCCCCN1CCN(C2CCS(=O)(=O)C2)CC1. The Morgan fingerprint density at radius 2 is 1.83 bits per heavy atom. The molecule has 0 spiro atoms. The Morgan fingerprint density at radius 3 is 2.39 bits per heavy atom. The first-order valence-corrected chi connectivity index (χ1v) is 8.80. The molecule has 5 nitrogen and oxygen atoms in total. The molecule has 2 fully saturated rings. The van der Waals surface area contributed by atoms with Crippen molar-refractivity contribution in [2.24, 2.45) is 5.73 Å². The predicted molar refractivity (Wildman–Crippen MR) is 73.4 cm³/mol. The van der Waals surface area contributed by atoms with Crippen LogP contribution in [0.15, 0.2) is 0 Å². The van der Waals surface area contributed by atoms with Crippen LogP contribution in [0.1, 0.15) is 19.3 Å². The first-order valence-electron chi connectivity index (χ1n) is 6.97. The van der Waals surface area contributed by atoms with Gasteiger partial charge in [-0.15, -0.1) is 0 Å². The number of rotatable bonds is 5. The van der Waals surface area contributed by atoms with Crippen LogP contribution in [0.2, 0.25) is 0 Å². The number of unbranched alkanes of at least 4 members (excludes halogenated alkanes) is 1. The number of nitrogens with zero attached hydrogens (tertiary/aromatic N) is 2. The minimum absolute atomic E-state index is 0.279. The monoisotopic (exact) mass is 275 g/mol. The molecule has 1 atom stereocenters. The second-order valence-electron chi connectivity index (χ2n) is 5.43. The Hall–Kier alpha value is -0.170. The van der Waals surface area contributed by atoms with E-state index in [2.05, 4.69) is 9.80 Å². The first-order chi connectivity index (χ1) is 8.61. The third kappa shape index (κ3) is 3.91. The molecule has 2 N–H and O–H groups in total. The third-order valence-corrected chi connectivity index (χ3v) is 5.81. The summed E-state index contributed by atoms with van der Waals surface area (Å²) in [7, 11) is -2.75. The van der Waals surface area contributed by atoms with Gasteiger partial charge in [-0.25, -0.2) is 8.42 Å². The number of hydrogen-bond donors (Lipinski definition) is 1. The smallest absolute Gasteiger partial charge is 0.151 e. The van der Waals surface area contributed by atoms with Crippen LogP contribution in [0.4, 0.5) is 0 Å². The van der Waals surface area contributed by atoms with Gasteiger partial charge in [0.15, 0.2) is 9.84 Å². The van der Waals surface area contributed by atoms with E-state index in [1.54, 1.807) is 0 Å². The van der Waals surface area contributed by atoms with Gasteiger partial charge in [0.25, 0.3) is 0 Å². The van der Waals surface area contributed by atoms with Crippen molar-refractivity contribution in [1.29, 1.82) is 0 Å². The lowest BCUT2D eigenvalue weighted by atomic mass is 10.2. The van der Waals surface area contributed by atoms with Crippen LogP contribution in [0.5, 0.6) is 0 Å². The summed E-state index contributed by atoms with van der Waals surface area (Å²) in [4.78, 5) is 4.83. The van der Waals surface area contributed by atoms with Crippen LogP contribution < -0.4 is 5.73 Å². The second-order valence-corrected chi connectivity index (χ2v) is 7.66. The van der Waals surface area contributed by atoms with Crippen molar-refractivity contribution in [3.8, 4) is 0 Å². The minimum Gasteiger partial charge on any atom is -0.330 e. The van der Waals surface area contributed by atoms with Gasteiger partial charge < -0.3 is 10.6 Å². The Labute approximate surface area is 110 Å². The van der Waals surface area contributed by atoms with Gasteiger partial charge >= 0.3 is 0 Å². The van der Waals surface area contributed by atoms with E-state index in [1.165, 1.54) is 6.42 Å². The van der Waals surface area contributed by atoms with E-state index in [0.717, 1.165) is 52.1 Å². The zero-order chi connectivity index (χ0) is 13.0. The molecule has 0 aromatic rings. The fourth-order valence-electron chi connectivity index (χ4n) is 2.90. The summed E-state index contributed by atoms with van der Waals surface area (Å²) < 4.78 is 22.9. The van der Waals surface area contributed by atoms with Crippen LogP contribution in [0.25, 0.3) is 0 Å². The van der Waals surface area contributed by atoms with Crippen LogP contribution in [0.3, 0.4) is 0 Å². The summed E-state index contributed by atoms with van der Waals surface area (Å²) in [5.74, 6) is 0.758. The summed E-state index contributed by atoms with van der Waals surface area (Å²) in [5, 5.41) is 0. The van der Waals surface area contributed by atoms with E-state index in [1.807, 2.05) is 0 Å². The lowest BCUT2D eigenvalue weighted by Gasteiger charge is -2.37. The third-order valence-electron chi connectivity index (χ3n) is 4.06. The van der Waals surface area contributed by atoms with Crippen LogP contribution in [-0.4, -0.2) is 75.0 Å². The maximum atomic E-state index is 11.5. The topological polar surface area (TPSA) is 66.6 Å². The van der Waals surface area contributed by atoms with Gasteiger partial charge in [0.2, 0.25) is 0 Å². The van der Waals surface area contributed by atoms with Crippen LogP contribution in [-0.2, 0) is 9.84 Å². The van der Waals surface area contributed by atoms with E-state index in [4.69, 9.17) is 5.73 Å². The van der Waals surface area contributed by atoms with E-state index in [9.17, 15) is 8.42 Å². The fraction of sp³-hybridized carbons (Fsp3) is 1.00. The van der Waals surface area contributed by atoms with Crippen molar-refractivity contribution in [3.05, 3.63) is 0 Å².